The van der Waals surface area contributed by atoms with E-state index in [0.717, 1.165) is 59.0 Å². The maximum absolute atomic E-state index is 14.2. The predicted molar refractivity (Wildman–Crippen MR) is 122 cm³/mol. The van der Waals surface area contributed by atoms with Crippen LogP contribution in [0.1, 0.15) is 25.1 Å². The Morgan fingerprint density at radius 3 is 2.19 bits per heavy atom. The Hall–Kier alpha value is -3.38. The van der Waals surface area contributed by atoms with Crippen LogP contribution in [0.25, 0.3) is 11.1 Å². The molecule has 192 valence electrons. The average Bonchev–Trinajstić information content (AvgIpc) is 2.80. The van der Waals surface area contributed by atoms with Crippen molar-refractivity contribution in [3.8, 4) is 11.1 Å². The molecule has 0 bridgehead atoms. The minimum Gasteiger partial charge on any atom is -0.351 e. The summed E-state index contributed by atoms with van der Waals surface area (Å²) < 4.78 is 92.4. The quantitative estimate of drug-likeness (QED) is 0.429. The summed E-state index contributed by atoms with van der Waals surface area (Å²) in [6, 6.07) is 9.27. The van der Waals surface area contributed by atoms with Crippen molar-refractivity contribution < 1.29 is 35.2 Å². The third-order valence-electron chi connectivity index (χ3n) is 5.13. The average molecular weight is 528 g/mol. The van der Waals surface area contributed by atoms with Crippen molar-refractivity contribution in [2.45, 2.75) is 37.5 Å². The lowest BCUT2D eigenvalue weighted by Gasteiger charge is -2.25. The molecule has 1 amide bonds. The third kappa shape index (κ3) is 6.64. The molecule has 36 heavy (non-hydrogen) atoms. The Morgan fingerprint density at radius 2 is 1.64 bits per heavy atom. The number of nitrogens with one attached hydrogen (secondary N) is 1. The number of amides is 1. The van der Waals surface area contributed by atoms with Gasteiger partial charge in [-0.1, -0.05) is 6.07 Å². The molecule has 12 heteroatoms. The fourth-order valence-electron chi connectivity index (χ4n) is 3.34. The summed E-state index contributed by atoms with van der Waals surface area (Å²) in [4.78, 5) is 15.7. The lowest BCUT2D eigenvalue weighted by Crippen LogP contribution is -2.44. The minimum atomic E-state index is -4.61. The Morgan fingerprint density at radius 1 is 0.972 bits per heavy atom. The molecular formula is C24H22F5N3O3S. The summed E-state index contributed by atoms with van der Waals surface area (Å²) >= 11 is 0. The number of hydrogen-bond acceptors (Lipinski definition) is 4. The molecule has 0 spiro atoms. The van der Waals surface area contributed by atoms with Crippen molar-refractivity contribution in [2.24, 2.45) is 0 Å². The fourth-order valence-corrected chi connectivity index (χ4v) is 4.93. The molecule has 1 N–H and O–H groups in total. The van der Waals surface area contributed by atoms with E-state index in [1.54, 1.807) is 13.8 Å². The van der Waals surface area contributed by atoms with E-state index in [1.165, 1.54) is 6.07 Å². The van der Waals surface area contributed by atoms with E-state index in [-0.39, 0.29) is 22.6 Å². The molecular weight excluding hydrogens is 505 g/mol. The molecule has 0 aliphatic rings. The highest BCUT2D eigenvalue weighted by Gasteiger charge is 2.32. The molecule has 1 heterocycles. The number of carbonyl (C=O) groups is 1. The number of nitrogens with zero attached hydrogens (tertiary/aromatic N) is 2. The maximum Gasteiger partial charge on any atom is 0.433 e. The summed E-state index contributed by atoms with van der Waals surface area (Å²) in [5.74, 6) is -1.96. The Labute approximate surface area is 204 Å². The van der Waals surface area contributed by atoms with Crippen molar-refractivity contribution >= 4 is 15.9 Å². The van der Waals surface area contributed by atoms with Crippen LogP contribution in [-0.2, 0) is 27.5 Å². The number of hydrogen-bond donors (Lipinski definition) is 1. The highest BCUT2D eigenvalue weighted by molar-refractivity contribution is 7.89. The summed E-state index contributed by atoms with van der Waals surface area (Å²) in [5.41, 5.74) is -0.286. The molecule has 0 radical (unpaired) electrons. The Bertz CT molecular complexity index is 1330. The first-order chi connectivity index (χ1) is 16.8. The number of pyridine rings is 1. The number of alkyl halides is 3. The van der Waals surface area contributed by atoms with Crippen molar-refractivity contribution in [3.63, 3.8) is 0 Å². The molecule has 3 aromatic rings. The molecule has 2 aromatic carbocycles. The molecule has 0 atom stereocenters. The molecule has 0 aliphatic heterocycles. The fraction of sp³-hybridized carbons (Fsp3) is 0.250. The van der Waals surface area contributed by atoms with Gasteiger partial charge in [-0.25, -0.2) is 17.2 Å². The van der Waals surface area contributed by atoms with E-state index in [4.69, 9.17) is 0 Å². The summed E-state index contributed by atoms with van der Waals surface area (Å²) in [6.07, 6.45) is -3.63. The standard InChI is InChI=1S/C24H22F5N3O3S/c1-15(2)32(36(34,35)21-6-4-19(25)5-7-21)14-23(33)31-12-16-9-18(11-20(26)10-16)17-3-8-22(30-13-17)24(27,28)29/h3-11,13,15H,12,14H2,1-2H3,(H,31,33). The van der Waals surface area contributed by atoms with Crippen molar-refractivity contribution in [1.29, 1.82) is 0 Å². The minimum absolute atomic E-state index is 0.166. The monoisotopic (exact) mass is 527 g/mol. The summed E-state index contributed by atoms with van der Waals surface area (Å²) in [5, 5.41) is 2.52. The van der Waals surface area contributed by atoms with Gasteiger partial charge in [-0.2, -0.15) is 17.5 Å². The van der Waals surface area contributed by atoms with Gasteiger partial charge in [-0.3, -0.25) is 9.78 Å². The summed E-state index contributed by atoms with van der Waals surface area (Å²) in [7, 11) is -4.10. The van der Waals surface area contributed by atoms with E-state index >= 15 is 0 Å². The van der Waals surface area contributed by atoms with Crippen molar-refractivity contribution in [1.82, 2.24) is 14.6 Å². The number of rotatable bonds is 8. The van der Waals surface area contributed by atoms with Gasteiger partial charge >= 0.3 is 6.18 Å². The van der Waals surface area contributed by atoms with E-state index in [2.05, 4.69) is 10.3 Å². The number of halogens is 5. The number of sulfonamides is 1. The molecule has 0 saturated carbocycles. The smallest absolute Gasteiger partial charge is 0.351 e. The first-order valence-electron chi connectivity index (χ1n) is 10.6. The zero-order valence-corrected chi connectivity index (χ0v) is 20.0. The predicted octanol–water partition coefficient (Wildman–Crippen LogP) is 4.76. The molecule has 6 nitrogen and oxygen atoms in total. The molecule has 3 rings (SSSR count). The van der Waals surface area contributed by atoms with Gasteiger partial charge in [0.25, 0.3) is 0 Å². The lowest BCUT2D eigenvalue weighted by molar-refractivity contribution is -0.141. The second-order valence-corrected chi connectivity index (χ2v) is 10.0. The lowest BCUT2D eigenvalue weighted by atomic mass is 10.0. The van der Waals surface area contributed by atoms with E-state index < -0.39 is 52.0 Å². The van der Waals surface area contributed by atoms with Gasteiger partial charge in [-0.05, 0) is 73.5 Å². The largest absolute Gasteiger partial charge is 0.433 e. The van der Waals surface area contributed by atoms with E-state index in [0.29, 0.717) is 5.56 Å². The highest BCUT2D eigenvalue weighted by atomic mass is 32.2. The van der Waals surface area contributed by atoms with E-state index in [9.17, 15) is 35.2 Å². The molecule has 0 aliphatic carbocycles. The second kappa shape index (κ2) is 10.7. The van der Waals surface area contributed by atoms with Crippen LogP contribution >= 0.6 is 0 Å². The second-order valence-electron chi connectivity index (χ2n) is 8.15. The molecule has 0 fully saturated rings. The van der Waals surface area contributed by atoms with Gasteiger partial charge in [0, 0.05) is 24.3 Å². The molecule has 0 saturated heterocycles. The van der Waals surface area contributed by atoms with Gasteiger partial charge in [-0.15, -0.1) is 0 Å². The third-order valence-corrected chi connectivity index (χ3v) is 7.17. The molecule has 0 unspecified atom stereocenters. The van der Waals surface area contributed by atoms with E-state index in [1.807, 2.05) is 0 Å². The SMILES string of the molecule is CC(C)N(CC(=O)NCc1cc(F)cc(-c2ccc(C(F)(F)F)nc2)c1)S(=O)(=O)c1ccc(F)cc1. The van der Waals surface area contributed by atoms with Gasteiger partial charge < -0.3 is 5.32 Å². The maximum atomic E-state index is 14.2. The van der Waals surface area contributed by atoms with Gasteiger partial charge in [0.15, 0.2) is 0 Å². The van der Waals surface area contributed by atoms with Crippen LogP contribution in [0.4, 0.5) is 22.0 Å². The highest BCUT2D eigenvalue weighted by Crippen LogP contribution is 2.29. The number of benzene rings is 2. The van der Waals surface area contributed by atoms with Crippen LogP contribution in [0.3, 0.4) is 0 Å². The Kier molecular flexibility index (Phi) is 8.09. The zero-order chi connectivity index (χ0) is 26.7. The first-order valence-corrected chi connectivity index (χ1v) is 12.1. The van der Waals surface area contributed by atoms with Crippen LogP contribution in [0, 0.1) is 11.6 Å². The van der Waals surface area contributed by atoms with Crippen LogP contribution in [-0.4, -0.2) is 36.2 Å². The van der Waals surface area contributed by atoms with Crippen molar-refractivity contribution in [3.05, 3.63) is 83.7 Å². The van der Waals surface area contributed by atoms with Crippen LogP contribution < -0.4 is 5.32 Å². The topological polar surface area (TPSA) is 79.4 Å². The molecule has 1 aromatic heterocycles. The van der Waals surface area contributed by atoms with Gasteiger partial charge in [0.1, 0.15) is 17.3 Å². The Balaban J connectivity index is 1.72. The number of aromatic nitrogens is 1. The number of carbonyl (C=O) groups excluding carboxylic acids is 1. The van der Waals surface area contributed by atoms with Crippen LogP contribution in [0.15, 0.2) is 65.7 Å². The van der Waals surface area contributed by atoms with Gasteiger partial charge in [0.05, 0.1) is 11.4 Å². The van der Waals surface area contributed by atoms with Gasteiger partial charge in [0.2, 0.25) is 15.9 Å². The van der Waals surface area contributed by atoms with Crippen molar-refractivity contribution in [2.75, 3.05) is 6.54 Å². The first kappa shape index (κ1) is 27.2. The van der Waals surface area contributed by atoms with Crippen LogP contribution in [0.5, 0.6) is 0 Å². The summed E-state index contributed by atoms with van der Waals surface area (Å²) in [6.45, 7) is 2.44. The normalized spacial score (nSPS) is 12.2. The van der Waals surface area contributed by atoms with Crippen LogP contribution in [0.2, 0.25) is 0 Å². The zero-order valence-electron chi connectivity index (χ0n) is 19.2.